The van der Waals surface area contributed by atoms with E-state index in [-0.39, 0.29) is 17.3 Å². The summed E-state index contributed by atoms with van der Waals surface area (Å²) in [5, 5.41) is 2.77. The second-order valence-corrected chi connectivity index (χ2v) is 11.7. The minimum atomic E-state index is -4.07. The molecule has 2 amide bonds. The molecule has 1 N–H and O–H groups in total. The highest BCUT2D eigenvalue weighted by Crippen LogP contribution is 2.26. The molecule has 7 nitrogen and oxygen atoms in total. The van der Waals surface area contributed by atoms with E-state index >= 15 is 0 Å². The van der Waals surface area contributed by atoms with Crippen LogP contribution in [0.4, 0.5) is 5.69 Å². The molecule has 38 heavy (non-hydrogen) atoms. The van der Waals surface area contributed by atoms with E-state index in [0.29, 0.717) is 18.7 Å². The normalized spacial score (nSPS) is 12.0. The van der Waals surface area contributed by atoms with Crippen molar-refractivity contribution in [3.63, 3.8) is 0 Å². The molecule has 0 radical (unpaired) electrons. The zero-order chi connectivity index (χ0) is 27.7. The molecule has 0 saturated carbocycles. The molecule has 0 aromatic heterocycles. The van der Waals surface area contributed by atoms with Gasteiger partial charge in [-0.3, -0.25) is 13.9 Å². The van der Waals surface area contributed by atoms with Gasteiger partial charge in [0.2, 0.25) is 11.8 Å². The number of hydrogen-bond donors (Lipinski definition) is 1. The summed E-state index contributed by atoms with van der Waals surface area (Å²) in [6, 6.07) is 22.5. The SMILES string of the molecule is CCNC(=O)C(C)N(CCc1ccccc1)C(=O)CN(c1ccc(C)cc1)S(=O)(=O)c1ccc(SC)cc1. The lowest BCUT2D eigenvalue weighted by molar-refractivity contribution is -0.138. The Labute approximate surface area is 230 Å². The summed E-state index contributed by atoms with van der Waals surface area (Å²) in [5.74, 6) is -0.740. The molecule has 202 valence electrons. The van der Waals surface area contributed by atoms with Gasteiger partial charge in [-0.2, -0.15) is 0 Å². The molecule has 0 fully saturated rings. The maximum atomic E-state index is 13.8. The number of hydrogen-bond acceptors (Lipinski definition) is 5. The first-order chi connectivity index (χ1) is 18.2. The molecule has 0 aliphatic heterocycles. The highest BCUT2D eigenvalue weighted by atomic mass is 32.2. The second kappa shape index (κ2) is 13.5. The number of rotatable bonds is 12. The van der Waals surface area contributed by atoms with Crippen molar-refractivity contribution in [3.05, 3.63) is 90.0 Å². The van der Waals surface area contributed by atoms with Gasteiger partial charge < -0.3 is 10.2 Å². The molecule has 0 spiro atoms. The number of likely N-dealkylation sites (N-methyl/N-ethyl adjacent to an activating group) is 1. The molecular formula is C29H35N3O4S2. The monoisotopic (exact) mass is 553 g/mol. The van der Waals surface area contributed by atoms with Crippen LogP contribution in [0.5, 0.6) is 0 Å². The predicted octanol–water partition coefficient (Wildman–Crippen LogP) is 4.51. The lowest BCUT2D eigenvalue weighted by atomic mass is 10.1. The summed E-state index contributed by atoms with van der Waals surface area (Å²) in [5.41, 5.74) is 2.37. The molecular weight excluding hydrogens is 518 g/mol. The van der Waals surface area contributed by atoms with Gasteiger partial charge in [-0.15, -0.1) is 11.8 Å². The molecule has 9 heteroatoms. The number of nitrogens with zero attached hydrogens (tertiary/aromatic N) is 2. The molecule has 1 atom stereocenters. The van der Waals surface area contributed by atoms with Crippen molar-refractivity contribution in [2.45, 2.75) is 43.0 Å². The van der Waals surface area contributed by atoms with Crippen LogP contribution in [0, 0.1) is 6.92 Å². The number of carbonyl (C=O) groups is 2. The number of benzene rings is 3. The maximum Gasteiger partial charge on any atom is 0.264 e. The van der Waals surface area contributed by atoms with Gasteiger partial charge in [0, 0.05) is 18.0 Å². The van der Waals surface area contributed by atoms with Crippen molar-refractivity contribution in [2.75, 3.05) is 30.2 Å². The average molecular weight is 554 g/mol. The maximum absolute atomic E-state index is 13.8. The first kappa shape index (κ1) is 29.3. The van der Waals surface area contributed by atoms with Crippen LogP contribution in [-0.2, 0) is 26.0 Å². The summed E-state index contributed by atoms with van der Waals surface area (Å²) < 4.78 is 28.8. The zero-order valence-corrected chi connectivity index (χ0v) is 23.9. The van der Waals surface area contributed by atoms with Gasteiger partial charge >= 0.3 is 0 Å². The standard InChI is InChI=1S/C29H35N3O4S2/c1-5-30-29(34)23(3)31(20-19-24-9-7-6-8-10-24)28(33)21-32(25-13-11-22(2)12-14-25)38(35,36)27-17-15-26(37-4)16-18-27/h6-18,23H,5,19-21H2,1-4H3,(H,30,34). The van der Waals surface area contributed by atoms with Crippen LogP contribution >= 0.6 is 11.8 Å². The van der Waals surface area contributed by atoms with Crippen LogP contribution in [0.25, 0.3) is 0 Å². The van der Waals surface area contributed by atoms with Crippen LogP contribution in [0.1, 0.15) is 25.0 Å². The average Bonchev–Trinajstić information content (AvgIpc) is 2.93. The highest BCUT2D eigenvalue weighted by Gasteiger charge is 2.32. The van der Waals surface area contributed by atoms with Crippen LogP contribution in [0.3, 0.4) is 0 Å². The van der Waals surface area contributed by atoms with E-state index in [9.17, 15) is 18.0 Å². The van der Waals surface area contributed by atoms with Crippen molar-refractivity contribution >= 4 is 39.3 Å². The Hall–Kier alpha value is -3.30. The van der Waals surface area contributed by atoms with E-state index < -0.39 is 28.5 Å². The quantitative estimate of drug-likeness (QED) is 0.334. The van der Waals surface area contributed by atoms with E-state index in [1.165, 1.54) is 16.7 Å². The van der Waals surface area contributed by atoms with Crippen LogP contribution in [-0.4, -0.2) is 57.1 Å². The molecule has 3 aromatic carbocycles. The summed E-state index contributed by atoms with van der Waals surface area (Å²) >= 11 is 1.52. The molecule has 3 rings (SSSR count). The van der Waals surface area contributed by atoms with E-state index in [4.69, 9.17) is 0 Å². The Morgan fingerprint density at radius 2 is 1.58 bits per heavy atom. The number of anilines is 1. The first-order valence-corrected chi connectivity index (χ1v) is 15.2. The topological polar surface area (TPSA) is 86.8 Å². The Morgan fingerprint density at radius 3 is 2.16 bits per heavy atom. The van der Waals surface area contributed by atoms with Gasteiger partial charge in [-0.25, -0.2) is 8.42 Å². The van der Waals surface area contributed by atoms with Crippen molar-refractivity contribution in [1.29, 1.82) is 0 Å². The summed E-state index contributed by atoms with van der Waals surface area (Å²) in [7, 11) is -4.07. The number of nitrogens with one attached hydrogen (secondary N) is 1. The molecule has 3 aromatic rings. The Balaban J connectivity index is 1.96. The van der Waals surface area contributed by atoms with Gasteiger partial charge in [0.15, 0.2) is 0 Å². The van der Waals surface area contributed by atoms with E-state index in [1.807, 2.05) is 62.6 Å². The largest absolute Gasteiger partial charge is 0.355 e. The number of sulfonamides is 1. The number of aryl methyl sites for hydroxylation is 1. The third-order valence-electron chi connectivity index (χ3n) is 6.25. The number of thioether (sulfide) groups is 1. The van der Waals surface area contributed by atoms with E-state index in [0.717, 1.165) is 20.3 Å². The molecule has 0 aliphatic rings. The van der Waals surface area contributed by atoms with E-state index in [2.05, 4.69) is 5.32 Å². The van der Waals surface area contributed by atoms with Gasteiger partial charge in [-0.1, -0.05) is 48.0 Å². The van der Waals surface area contributed by atoms with Crippen molar-refractivity contribution in [2.24, 2.45) is 0 Å². The van der Waals surface area contributed by atoms with Crippen LogP contribution in [0.15, 0.2) is 88.7 Å². The fourth-order valence-electron chi connectivity index (χ4n) is 4.01. The minimum absolute atomic E-state index is 0.0938. The van der Waals surface area contributed by atoms with Crippen molar-refractivity contribution in [3.8, 4) is 0 Å². The molecule has 1 unspecified atom stereocenters. The zero-order valence-electron chi connectivity index (χ0n) is 22.3. The van der Waals surface area contributed by atoms with Gasteiger partial charge in [-0.05, 0) is 75.4 Å². The fraction of sp³-hybridized carbons (Fsp3) is 0.310. The molecule has 0 aliphatic carbocycles. The third-order valence-corrected chi connectivity index (χ3v) is 8.78. The van der Waals surface area contributed by atoms with Gasteiger partial charge in [0.05, 0.1) is 10.6 Å². The lowest BCUT2D eigenvalue weighted by Gasteiger charge is -2.32. The summed E-state index contributed by atoms with van der Waals surface area (Å²) in [6.45, 7) is 5.65. The van der Waals surface area contributed by atoms with Gasteiger partial charge in [0.1, 0.15) is 12.6 Å². The Bertz CT molecular complexity index is 1310. The number of amides is 2. The second-order valence-electron chi connectivity index (χ2n) is 8.92. The highest BCUT2D eigenvalue weighted by molar-refractivity contribution is 7.98. The molecule has 0 saturated heterocycles. The smallest absolute Gasteiger partial charge is 0.264 e. The minimum Gasteiger partial charge on any atom is -0.355 e. The van der Waals surface area contributed by atoms with Crippen molar-refractivity contribution in [1.82, 2.24) is 10.2 Å². The van der Waals surface area contributed by atoms with Crippen LogP contribution in [0.2, 0.25) is 0 Å². The summed E-state index contributed by atoms with van der Waals surface area (Å²) in [4.78, 5) is 29.0. The lowest BCUT2D eigenvalue weighted by Crippen LogP contribution is -2.52. The molecule has 0 heterocycles. The van der Waals surface area contributed by atoms with Crippen molar-refractivity contribution < 1.29 is 18.0 Å². The third kappa shape index (κ3) is 7.39. The fourth-order valence-corrected chi connectivity index (χ4v) is 5.83. The number of carbonyl (C=O) groups excluding carboxylic acids is 2. The Kier molecular flexibility index (Phi) is 10.4. The summed E-state index contributed by atoms with van der Waals surface area (Å²) in [6.07, 6.45) is 2.45. The van der Waals surface area contributed by atoms with Gasteiger partial charge in [0.25, 0.3) is 10.0 Å². The molecule has 0 bridgehead atoms. The predicted molar refractivity (Wildman–Crippen MR) is 154 cm³/mol. The van der Waals surface area contributed by atoms with E-state index in [1.54, 1.807) is 43.3 Å². The van der Waals surface area contributed by atoms with Crippen LogP contribution < -0.4 is 9.62 Å². The Morgan fingerprint density at radius 1 is 0.947 bits per heavy atom. The first-order valence-electron chi connectivity index (χ1n) is 12.5.